The molecule has 4 rings (SSSR count). The number of pyridine rings is 1. The van der Waals surface area contributed by atoms with Crippen LogP contribution >= 0.6 is 0 Å². The number of piperazine rings is 2. The van der Waals surface area contributed by atoms with E-state index in [1.54, 1.807) is 4.90 Å². The van der Waals surface area contributed by atoms with Crippen molar-refractivity contribution < 1.29 is 9.53 Å². The number of carbonyl (C=O) groups excluding carboxylic acids is 1. The van der Waals surface area contributed by atoms with Crippen LogP contribution in [0.2, 0.25) is 0 Å². The first-order valence-corrected chi connectivity index (χ1v) is 11.0. The number of aromatic nitrogens is 1. The molecule has 0 atom stereocenters. The average Bonchev–Trinajstić information content (AvgIpc) is 3.58. The lowest BCUT2D eigenvalue weighted by Crippen LogP contribution is -2.50. The topological polar surface area (TPSA) is 75.9 Å². The first kappa shape index (κ1) is 20.7. The fraction of sp³-hybridized carbons (Fsp3) is 0.682. The quantitative estimate of drug-likeness (QED) is 0.754. The highest BCUT2D eigenvalue weighted by molar-refractivity contribution is 5.69. The van der Waals surface area contributed by atoms with Crippen LogP contribution in [0, 0.1) is 11.3 Å². The summed E-state index contributed by atoms with van der Waals surface area (Å²) >= 11 is 0. The Balaban J connectivity index is 1.40. The van der Waals surface area contributed by atoms with E-state index in [2.05, 4.69) is 31.8 Å². The molecule has 0 radical (unpaired) electrons. The number of rotatable bonds is 3. The first-order chi connectivity index (χ1) is 14.3. The molecule has 3 fully saturated rings. The number of ether oxygens (including phenoxy) is 1. The molecule has 1 amide bonds. The zero-order valence-corrected chi connectivity index (χ0v) is 18.3. The highest BCUT2D eigenvalue weighted by atomic mass is 16.6. The van der Waals surface area contributed by atoms with E-state index in [9.17, 15) is 10.1 Å². The minimum atomic E-state index is -0.487. The molecule has 1 aromatic heterocycles. The van der Waals surface area contributed by atoms with Gasteiger partial charge in [0.2, 0.25) is 0 Å². The second-order valence-electron chi connectivity index (χ2n) is 9.39. The number of nitrogens with zero attached hydrogens (tertiary/aromatic N) is 6. The second-order valence-corrected chi connectivity index (χ2v) is 9.39. The van der Waals surface area contributed by atoms with Crippen molar-refractivity contribution in [1.29, 1.82) is 5.26 Å². The molecular weight excluding hydrogens is 380 g/mol. The van der Waals surface area contributed by atoms with Crippen LogP contribution < -0.4 is 9.80 Å². The smallest absolute Gasteiger partial charge is 0.410 e. The lowest BCUT2D eigenvalue weighted by Gasteiger charge is -2.38. The number of nitriles is 1. The second kappa shape index (κ2) is 8.31. The number of hydrogen-bond acceptors (Lipinski definition) is 7. The van der Waals surface area contributed by atoms with Gasteiger partial charge in [0.15, 0.2) is 0 Å². The Morgan fingerprint density at radius 1 is 1.03 bits per heavy atom. The van der Waals surface area contributed by atoms with E-state index >= 15 is 0 Å². The summed E-state index contributed by atoms with van der Waals surface area (Å²) in [5, 5.41) is 9.50. The summed E-state index contributed by atoms with van der Waals surface area (Å²) in [7, 11) is 0. The molecule has 0 spiro atoms. The molecule has 1 aromatic rings. The van der Waals surface area contributed by atoms with Crippen molar-refractivity contribution in [3.63, 3.8) is 0 Å². The van der Waals surface area contributed by atoms with E-state index in [-0.39, 0.29) is 6.09 Å². The third-order valence-electron chi connectivity index (χ3n) is 5.91. The summed E-state index contributed by atoms with van der Waals surface area (Å²) in [6.45, 7) is 12.3. The van der Waals surface area contributed by atoms with Gasteiger partial charge in [0.05, 0.1) is 0 Å². The van der Waals surface area contributed by atoms with Crippen molar-refractivity contribution in [2.45, 2.75) is 45.3 Å². The molecule has 0 N–H and O–H groups in total. The zero-order valence-electron chi connectivity index (χ0n) is 18.3. The van der Waals surface area contributed by atoms with Crippen molar-refractivity contribution in [2.75, 3.05) is 62.2 Å². The number of amides is 1. The number of carbonyl (C=O) groups is 1. The minimum Gasteiger partial charge on any atom is -0.444 e. The van der Waals surface area contributed by atoms with Crippen molar-refractivity contribution in [3.05, 3.63) is 17.8 Å². The van der Waals surface area contributed by atoms with Gasteiger partial charge in [-0.05, 0) is 39.7 Å². The monoisotopic (exact) mass is 412 g/mol. The Hall–Kier alpha value is -2.53. The summed E-state index contributed by atoms with van der Waals surface area (Å²) in [5.74, 6) is 0.883. The highest BCUT2D eigenvalue weighted by Crippen LogP contribution is 2.29. The first-order valence-electron chi connectivity index (χ1n) is 11.0. The zero-order chi connectivity index (χ0) is 21.3. The number of anilines is 2. The molecule has 8 nitrogen and oxygen atoms in total. The summed E-state index contributed by atoms with van der Waals surface area (Å²) in [6.07, 6.45) is 2.41. The summed E-state index contributed by atoms with van der Waals surface area (Å²) in [4.78, 5) is 25.7. The lowest BCUT2D eigenvalue weighted by molar-refractivity contribution is 0.0240. The van der Waals surface area contributed by atoms with Crippen LogP contribution in [-0.4, -0.2) is 84.9 Å². The molecular formula is C22H32N6O2. The van der Waals surface area contributed by atoms with Crippen molar-refractivity contribution in [2.24, 2.45) is 0 Å². The van der Waals surface area contributed by atoms with Crippen LogP contribution in [0.25, 0.3) is 0 Å². The standard InChI is InChI=1S/C22H32N6O2/c1-22(2,3)30-21(29)28-12-8-26(9-13-28)19-14-17(16-23)24-20(15-19)27-10-6-25(7-11-27)18-4-5-18/h14-15,18H,4-13H2,1-3H3. The molecule has 2 saturated heterocycles. The van der Waals surface area contributed by atoms with Gasteiger partial charge in [0.1, 0.15) is 23.2 Å². The molecule has 0 bridgehead atoms. The van der Waals surface area contributed by atoms with Crippen LogP contribution in [0.4, 0.5) is 16.3 Å². The number of hydrogen-bond donors (Lipinski definition) is 0. The van der Waals surface area contributed by atoms with Gasteiger partial charge in [-0.2, -0.15) is 5.26 Å². The maximum atomic E-state index is 12.3. The van der Waals surface area contributed by atoms with Crippen LogP contribution in [0.3, 0.4) is 0 Å². The molecule has 1 aliphatic carbocycles. The maximum absolute atomic E-state index is 12.3. The molecule has 30 heavy (non-hydrogen) atoms. The molecule has 3 heterocycles. The SMILES string of the molecule is CC(C)(C)OC(=O)N1CCN(c2cc(C#N)nc(N3CCN(C4CC4)CC3)c2)CC1. The van der Waals surface area contributed by atoms with Gasteiger partial charge < -0.3 is 19.4 Å². The molecule has 2 aliphatic heterocycles. The van der Waals surface area contributed by atoms with Crippen LogP contribution in [0.5, 0.6) is 0 Å². The summed E-state index contributed by atoms with van der Waals surface area (Å²) in [6, 6.07) is 6.96. The summed E-state index contributed by atoms with van der Waals surface area (Å²) in [5.41, 5.74) is 0.964. The van der Waals surface area contributed by atoms with Crippen molar-refractivity contribution >= 4 is 17.6 Å². The predicted molar refractivity (Wildman–Crippen MR) is 116 cm³/mol. The Bertz CT molecular complexity index is 810. The molecule has 8 heteroatoms. The molecule has 0 unspecified atom stereocenters. The third kappa shape index (κ3) is 4.96. The van der Waals surface area contributed by atoms with E-state index in [1.807, 2.05) is 26.8 Å². The van der Waals surface area contributed by atoms with Gasteiger partial charge >= 0.3 is 6.09 Å². The van der Waals surface area contributed by atoms with Gasteiger partial charge in [-0.3, -0.25) is 4.90 Å². The highest BCUT2D eigenvalue weighted by Gasteiger charge is 2.32. The minimum absolute atomic E-state index is 0.260. The van der Waals surface area contributed by atoms with Gasteiger partial charge in [0.25, 0.3) is 0 Å². The summed E-state index contributed by atoms with van der Waals surface area (Å²) < 4.78 is 5.49. The lowest BCUT2D eigenvalue weighted by atomic mass is 10.2. The molecule has 162 valence electrons. The predicted octanol–water partition coefficient (Wildman–Crippen LogP) is 2.29. The Kier molecular flexibility index (Phi) is 5.74. The Labute approximate surface area is 179 Å². The largest absolute Gasteiger partial charge is 0.444 e. The fourth-order valence-electron chi connectivity index (χ4n) is 4.13. The normalized spacial score (nSPS) is 20.8. The third-order valence-corrected chi connectivity index (χ3v) is 5.91. The van der Waals surface area contributed by atoms with Crippen LogP contribution in [0.1, 0.15) is 39.3 Å². The van der Waals surface area contributed by atoms with E-state index in [4.69, 9.17) is 4.74 Å². The molecule has 0 aromatic carbocycles. The Morgan fingerprint density at radius 2 is 1.67 bits per heavy atom. The Morgan fingerprint density at radius 3 is 2.23 bits per heavy atom. The van der Waals surface area contributed by atoms with Gasteiger partial charge in [-0.25, -0.2) is 9.78 Å². The van der Waals surface area contributed by atoms with Gasteiger partial charge in [-0.1, -0.05) is 0 Å². The fourth-order valence-corrected chi connectivity index (χ4v) is 4.13. The van der Waals surface area contributed by atoms with E-state index < -0.39 is 5.60 Å². The molecule has 3 aliphatic rings. The van der Waals surface area contributed by atoms with E-state index in [0.717, 1.165) is 43.7 Å². The van der Waals surface area contributed by atoms with Gasteiger partial charge in [0, 0.05) is 70.2 Å². The van der Waals surface area contributed by atoms with Crippen LogP contribution in [-0.2, 0) is 4.74 Å². The van der Waals surface area contributed by atoms with Gasteiger partial charge in [-0.15, -0.1) is 0 Å². The van der Waals surface area contributed by atoms with Crippen molar-refractivity contribution in [1.82, 2.24) is 14.8 Å². The van der Waals surface area contributed by atoms with E-state index in [0.29, 0.717) is 31.9 Å². The van der Waals surface area contributed by atoms with E-state index in [1.165, 1.54) is 12.8 Å². The van der Waals surface area contributed by atoms with Crippen LogP contribution in [0.15, 0.2) is 12.1 Å². The van der Waals surface area contributed by atoms with Crippen molar-refractivity contribution in [3.8, 4) is 6.07 Å². The average molecular weight is 413 g/mol. The maximum Gasteiger partial charge on any atom is 0.410 e. The molecule has 1 saturated carbocycles.